The van der Waals surface area contributed by atoms with Crippen molar-refractivity contribution in [2.24, 2.45) is 0 Å². The van der Waals surface area contributed by atoms with Crippen molar-refractivity contribution in [3.05, 3.63) is 42.0 Å². The summed E-state index contributed by atoms with van der Waals surface area (Å²) in [5.41, 5.74) is 0.496. The van der Waals surface area contributed by atoms with Crippen LogP contribution in [0.4, 0.5) is 21.7 Å². The Hall–Kier alpha value is -2.17. The van der Waals surface area contributed by atoms with Crippen molar-refractivity contribution in [2.75, 3.05) is 17.7 Å². The Morgan fingerprint density at radius 1 is 1.05 bits per heavy atom. The van der Waals surface area contributed by atoms with Crippen LogP contribution in [0.1, 0.15) is 26.6 Å². The van der Waals surface area contributed by atoms with Crippen molar-refractivity contribution in [1.29, 1.82) is 0 Å². The molecule has 0 aliphatic heterocycles. The van der Waals surface area contributed by atoms with E-state index >= 15 is 0 Å². The molecule has 0 aliphatic rings. The third kappa shape index (κ3) is 3.44. The summed E-state index contributed by atoms with van der Waals surface area (Å²) in [5, 5.41) is 6.11. The summed E-state index contributed by atoms with van der Waals surface area (Å²) in [5.74, 6) is 1.81. The molecule has 1 aromatic heterocycles. The van der Waals surface area contributed by atoms with Crippen LogP contribution in [-0.4, -0.2) is 17.0 Å². The van der Waals surface area contributed by atoms with Gasteiger partial charge in [-0.15, -0.1) is 0 Å². The molecule has 20 heavy (non-hydrogen) atoms. The number of nitrogens with zero attached hydrogens (tertiary/aromatic N) is 2. The molecule has 4 nitrogen and oxygen atoms in total. The number of benzene rings is 1. The topological polar surface area (TPSA) is 49.8 Å². The van der Waals surface area contributed by atoms with Gasteiger partial charge < -0.3 is 10.6 Å². The fourth-order valence-electron chi connectivity index (χ4n) is 1.69. The molecule has 1 heterocycles. The smallest absolute Gasteiger partial charge is 0.138 e. The summed E-state index contributed by atoms with van der Waals surface area (Å²) in [6.07, 6.45) is 0. The van der Waals surface area contributed by atoms with E-state index in [1.807, 2.05) is 20.8 Å². The van der Waals surface area contributed by atoms with Crippen LogP contribution in [0.25, 0.3) is 0 Å². The van der Waals surface area contributed by atoms with E-state index in [0.29, 0.717) is 11.5 Å². The molecule has 0 saturated heterocycles. The molecule has 0 radical (unpaired) electrons. The van der Waals surface area contributed by atoms with Crippen molar-refractivity contribution < 1.29 is 4.39 Å². The Kier molecular flexibility index (Phi) is 3.88. The molecule has 5 heteroatoms. The lowest BCUT2D eigenvalue weighted by molar-refractivity contribution is 0.547. The molecule has 2 rings (SSSR count). The molecule has 1 aromatic carbocycles. The number of rotatable bonds is 3. The highest BCUT2D eigenvalue weighted by Crippen LogP contribution is 2.24. The van der Waals surface area contributed by atoms with Crippen LogP contribution in [0, 0.1) is 5.82 Å². The highest BCUT2D eigenvalue weighted by molar-refractivity contribution is 5.59. The molecule has 0 bridgehead atoms. The van der Waals surface area contributed by atoms with Gasteiger partial charge in [0.2, 0.25) is 0 Å². The van der Waals surface area contributed by atoms with Crippen LogP contribution in [0.5, 0.6) is 0 Å². The standard InChI is InChI=1S/C15H19FN4/c1-15(2,3)14-19-12(17-4)9-13(20-14)18-11-7-5-6-10(16)8-11/h5-9H,1-4H3,(H2,17,18,19,20). The van der Waals surface area contributed by atoms with Gasteiger partial charge in [0, 0.05) is 24.2 Å². The second kappa shape index (κ2) is 5.45. The summed E-state index contributed by atoms with van der Waals surface area (Å²) in [4.78, 5) is 8.94. The van der Waals surface area contributed by atoms with Crippen molar-refractivity contribution in [1.82, 2.24) is 9.97 Å². The molecule has 2 aromatic rings. The average Bonchev–Trinajstić information content (AvgIpc) is 2.37. The van der Waals surface area contributed by atoms with Crippen LogP contribution in [0.3, 0.4) is 0 Å². The first-order valence-electron chi connectivity index (χ1n) is 6.48. The fraction of sp³-hybridized carbons (Fsp3) is 0.333. The largest absolute Gasteiger partial charge is 0.373 e. The van der Waals surface area contributed by atoms with Crippen LogP contribution < -0.4 is 10.6 Å². The number of hydrogen-bond donors (Lipinski definition) is 2. The van der Waals surface area contributed by atoms with E-state index in [-0.39, 0.29) is 11.2 Å². The van der Waals surface area contributed by atoms with Gasteiger partial charge >= 0.3 is 0 Å². The Balaban J connectivity index is 2.36. The van der Waals surface area contributed by atoms with Gasteiger partial charge in [0.1, 0.15) is 23.3 Å². The van der Waals surface area contributed by atoms with E-state index in [9.17, 15) is 4.39 Å². The second-order valence-corrected chi connectivity index (χ2v) is 5.60. The summed E-state index contributed by atoms with van der Waals surface area (Å²) < 4.78 is 13.2. The number of halogens is 1. The van der Waals surface area contributed by atoms with Crippen LogP contribution >= 0.6 is 0 Å². The van der Waals surface area contributed by atoms with Crippen molar-refractivity contribution >= 4 is 17.3 Å². The van der Waals surface area contributed by atoms with E-state index in [0.717, 1.165) is 11.6 Å². The van der Waals surface area contributed by atoms with Crippen molar-refractivity contribution in [3.8, 4) is 0 Å². The van der Waals surface area contributed by atoms with Crippen molar-refractivity contribution in [3.63, 3.8) is 0 Å². The molecular weight excluding hydrogens is 255 g/mol. The third-order valence-electron chi connectivity index (χ3n) is 2.75. The quantitative estimate of drug-likeness (QED) is 0.896. The minimum absolute atomic E-state index is 0.161. The predicted molar refractivity (Wildman–Crippen MR) is 80.0 cm³/mol. The van der Waals surface area contributed by atoms with Gasteiger partial charge in [0.25, 0.3) is 0 Å². The van der Waals surface area contributed by atoms with E-state index in [4.69, 9.17) is 0 Å². The monoisotopic (exact) mass is 274 g/mol. The Morgan fingerprint density at radius 2 is 1.75 bits per heavy atom. The molecule has 106 valence electrons. The predicted octanol–water partition coefficient (Wildman–Crippen LogP) is 3.70. The van der Waals surface area contributed by atoms with E-state index in [1.54, 1.807) is 25.2 Å². The second-order valence-electron chi connectivity index (χ2n) is 5.60. The van der Waals surface area contributed by atoms with Crippen LogP contribution in [-0.2, 0) is 5.41 Å². The third-order valence-corrected chi connectivity index (χ3v) is 2.75. The summed E-state index contributed by atoms with van der Waals surface area (Å²) in [6, 6.07) is 8.08. The van der Waals surface area contributed by atoms with Crippen LogP contribution in [0.15, 0.2) is 30.3 Å². The first kappa shape index (κ1) is 14.2. The molecule has 0 unspecified atom stereocenters. The number of anilines is 3. The van der Waals surface area contributed by atoms with Gasteiger partial charge in [0.05, 0.1) is 0 Å². The van der Waals surface area contributed by atoms with E-state index in [2.05, 4.69) is 20.6 Å². The first-order chi connectivity index (χ1) is 9.38. The highest BCUT2D eigenvalue weighted by atomic mass is 19.1. The zero-order chi connectivity index (χ0) is 14.8. The Labute approximate surface area is 118 Å². The molecule has 2 N–H and O–H groups in total. The minimum atomic E-state index is -0.283. The highest BCUT2D eigenvalue weighted by Gasteiger charge is 2.19. The molecule has 0 atom stereocenters. The number of nitrogens with one attached hydrogen (secondary N) is 2. The Morgan fingerprint density at radius 3 is 2.35 bits per heavy atom. The summed E-state index contributed by atoms with van der Waals surface area (Å²) in [7, 11) is 1.81. The Bertz CT molecular complexity index is 605. The normalized spacial score (nSPS) is 11.2. The SMILES string of the molecule is CNc1cc(Nc2cccc(F)c2)nc(C(C)(C)C)n1. The van der Waals surface area contributed by atoms with Crippen LogP contribution in [0.2, 0.25) is 0 Å². The molecule has 0 aliphatic carbocycles. The van der Waals surface area contributed by atoms with Gasteiger partial charge in [-0.05, 0) is 18.2 Å². The lowest BCUT2D eigenvalue weighted by Crippen LogP contribution is -2.17. The fourth-order valence-corrected chi connectivity index (χ4v) is 1.69. The number of hydrogen-bond acceptors (Lipinski definition) is 4. The zero-order valence-corrected chi connectivity index (χ0v) is 12.2. The lowest BCUT2D eigenvalue weighted by atomic mass is 9.96. The van der Waals surface area contributed by atoms with Gasteiger partial charge in [-0.2, -0.15) is 0 Å². The molecule has 0 spiro atoms. The van der Waals surface area contributed by atoms with Crippen molar-refractivity contribution in [2.45, 2.75) is 26.2 Å². The first-order valence-corrected chi connectivity index (χ1v) is 6.48. The minimum Gasteiger partial charge on any atom is -0.373 e. The zero-order valence-electron chi connectivity index (χ0n) is 12.2. The lowest BCUT2D eigenvalue weighted by Gasteiger charge is -2.19. The molecule has 0 fully saturated rings. The molecular formula is C15H19FN4. The molecule has 0 amide bonds. The summed E-state index contributed by atoms with van der Waals surface area (Å²) in [6.45, 7) is 6.15. The maximum atomic E-state index is 13.2. The average molecular weight is 274 g/mol. The van der Waals surface area contributed by atoms with E-state index < -0.39 is 0 Å². The number of aromatic nitrogens is 2. The van der Waals surface area contributed by atoms with Gasteiger partial charge in [-0.1, -0.05) is 26.8 Å². The van der Waals surface area contributed by atoms with Gasteiger partial charge in [0.15, 0.2) is 0 Å². The van der Waals surface area contributed by atoms with E-state index in [1.165, 1.54) is 12.1 Å². The molecule has 0 saturated carbocycles. The summed E-state index contributed by atoms with van der Waals surface area (Å²) >= 11 is 0. The maximum Gasteiger partial charge on any atom is 0.138 e. The van der Waals surface area contributed by atoms with Gasteiger partial charge in [-0.3, -0.25) is 0 Å². The maximum absolute atomic E-state index is 13.2. The van der Waals surface area contributed by atoms with Gasteiger partial charge in [-0.25, -0.2) is 14.4 Å².